The molecule has 19 heavy (non-hydrogen) atoms. The molecule has 3 aromatic rings. The van der Waals surface area contributed by atoms with E-state index in [0.717, 1.165) is 16.5 Å². The summed E-state index contributed by atoms with van der Waals surface area (Å²) in [7, 11) is 0. The average Bonchev–Trinajstić information content (AvgIpc) is 2.48. The summed E-state index contributed by atoms with van der Waals surface area (Å²) in [5.74, 6) is 0.0111. The zero-order valence-corrected chi connectivity index (χ0v) is 10.2. The molecule has 0 aliphatic heterocycles. The van der Waals surface area contributed by atoms with Crippen LogP contribution in [0.3, 0.4) is 0 Å². The first-order chi connectivity index (χ1) is 9.34. The monoisotopic (exact) mass is 249 g/mol. The number of para-hydroxylation sites is 1. The number of hydrogen-bond donors (Lipinski definition) is 0. The van der Waals surface area contributed by atoms with Crippen molar-refractivity contribution in [1.29, 1.82) is 0 Å². The first-order valence-corrected chi connectivity index (χ1v) is 5.95. The van der Waals surface area contributed by atoms with Gasteiger partial charge in [-0.1, -0.05) is 18.2 Å². The molecule has 2 aromatic heterocycles. The maximum absolute atomic E-state index is 12.2. The number of rotatable bonds is 3. The molecule has 1 aromatic carbocycles. The minimum atomic E-state index is 0.0111. The topological polar surface area (TPSA) is 55.7 Å². The van der Waals surface area contributed by atoms with E-state index in [0.29, 0.717) is 12.0 Å². The Balaban J connectivity index is 1.96. The normalized spacial score (nSPS) is 10.5. The second kappa shape index (κ2) is 4.94. The summed E-state index contributed by atoms with van der Waals surface area (Å²) in [6.45, 7) is 0. The van der Waals surface area contributed by atoms with Crippen molar-refractivity contribution in [1.82, 2.24) is 15.0 Å². The molecular weight excluding hydrogens is 238 g/mol. The van der Waals surface area contributed by atoms with Crippen LogP contribution in [0.5, 0.6) is 0 Å². The van der Waals surface area contributed by atoms with Crippen molar-refractivity contribution in [3.8, 4) is 0 Å². The number of Topliss-reactive ketones (excluding diaryl/α,β-unsaturated/α-hetero) is 1. The second-order valence-electron chi connectivity index (χ2n) is 4.21. The van der Waals surface area contributed by atoms with Gasteiger partial charge >= 0.3 is 0 Å². The Morgan fingerprint density at radius 2 is 1.84 bits per heavy atom. The molecule has 92 valence electrons. The van der Waals surface area contributed by atoms with Crippen LogP contribution >= 0.6 is 0 Å². The zero-order chi connectivity index (χ0) is 13.1. The van der Waals surface area contributed by atoms with Crippen molar-refractivity contribution in [2.75, 3.05) is 0 Å². The van der Waals surface area contributed by atoms with Gasteiger partial charge in [0.2, 0.25) is 0 Å². The van der Waals surface area contributed by atoms with Gasteiger partial charge in [-0.3, -0.25) is 9.78 Å². The maximum atomic E-state index is 12.2. The molecule has 0 radical (unpaired) electrons. The van der Waals surface area contributed by atoms with Gasteiger partial charge in [-0.25, -0.2) is 9.97 Å². The van der Waals surface area contributed by atoms with E-state index in [-0.39, 0.29) is 5.78 Å². The third kappa shape index (κ3) is 2.33. The summed E-state index contributed by atoms with van der Waals surface area (Å²) in [6, 6.07) is 9.68. The molecule has 0 aliphatic carbocycles. The minimum absolute atomic E-state index is 0.0111. The Morgan fingerprint density at radius 3 is 2.68 bits per heavy atom. The number of nitrogens with zero attached hydrogens (tertiary/aromatic N) is 3. The zero-order valence-electron chi connectivity index (χ0n) is 10.2. The minimum Gasteiger partial charge on any atom is -0.294 e. The molecular formula is C15H11N3O. The number of carbonyl (C=O) groups is 1. The number of ketones is 1. The Hall–Kier alpha value is -2.62. The van der Waals surface area contributed by atoms with Crippen LogP contribution in [0.4, 0.5) is 0 Å². The van der Waals surface area contributed by atoms with Crippen LogP contribution in [0.15, 0.2) is 55.2 Å². The largest absolute Gasteiger partial charge is 0.294 e. The summed E-state index contributed by atoms with van der Waals surface area (Å²) in [5, 5.41) is 1.01. The number of carbonyl (C=O) groups excluding carboxylic acids is 1. The molecule has 0 bridgehead atoms. The summed E-state index contributed by atoms with van der Waals surface area (Å²) in [5.41, 5.74) is 2.40. The van der Waals surface area contributed by atoms with Crippen LogP contribution in [-0.2, 0) is 6.42 Å². The number of pyridine rings is 1. The van der Waals surface area contributed by atoms with Crippen LogP contribution in [0.1, 0.15) is 15.9 Å². The molecule has 0 saturated carbocycles. The van der Waals surface area contributed by atoms with E-state index in [2.05, 4.69) is 15.0 Å². The lowest BCUT2D eigenvalue weighted by Crippen LogP contribution is -2.05. The van der Waals surface area contributed by atoms with Gasteiger partial charge in [0.25, 0.3) is 0 Å². The average molecular weight is 249 g/mol. The van der Waals surface area contributed by atoms with Crippen LogP contribution in [0, 0.1) is 0 Å². The molecule has 3 rings (SSSR count). The first kappa shape index (κ1) is 11.5. The summed E-state index contributed by atoms with van der Waals surface area (Å²) < 4.78 is 0. The molecule has 0 spiro atoms. The molecule has 0 amide bonds. The molecule has 0 unspecified atom stereocenters. The van der Waals surface area contributed by atoms with E-state index in [1.54, 1.807) is 18.6 Å². The van der Waals surface area contributed by atoms with E-state index >= 15 is 0 Å². The fraction of sp³-hybridized carbons (Fsp3) is 0.0667. The standard InChI is InChI=1S/C15H11N3O/c19-15(12-8-16-10-17-9-12)7-11-5-6-18-14-4-2-1-3-13(11)14/h1-6,8-10H,7H2. The van der Waals surface area contributed by atoms with Crippen LogP contribution in [-0.4, -0.2) is 20.7 Å². The number of fused-ring (bicyclic) bond motifs is 1. The quantitative estimate of drug-likeness (QED) is 0.669. The van der Waals surface area contributed by atoms with E-state index in [4.69, 9.17) is 0 Å². The highest BCUT2D eigenvalue weighted by molar-refractivity contribution is 5.99. The molecule has 0 saturated heterocycles. The predicted octanol–water partition coefficient (Wildman–Crippen LogP) is 2.45. The van der Waals surface area contributed by atoms with Crippen molar-refractivity contribution in [3.63, 3.8) is 0 Å². The lowest BCUT2D eigenvalue weighted by atomic mass is 10.0. The van der Waals surface area contributed by atoms with E-state index in [1.165, 1.54) is 6.33 Å². The lowest BCUT2D eigenvalue weighted by Gasteiger charge is -2.05. The SMILES string of the molecule is O=C(Cc1ccnc2ccccc12)c1cncnc1. The summed E-state index contributed by atoms with van der Waals surface area (Å²) >= 11 is 0. The molecule has 4 heteroatoms. The molecule has 4 nitrogen and oxygen atoms in total. The number of benzene rings is 1. The Morgan fingerprint density at radius 1 is 1.05 bits per heavy atom. The van der Waals surface area contributed by atoms with Crippen molar-refractivity contribution in [3.05, 3.63) is 66.4 Å². The smallest absolute Gasteiger partial charge is 0.170 e. The molecule has 0 N–H and O–H groups in total. The fourth-order valence-electron chi connectivity index (χ4n) is 2.03. The first-order valence-electron chi connectivity index (χ1n) is 5.95. The van der Waals surface area contributed by atoms with Crippen molar-refractivity contribution in [2.24, 2.45) is 0 Å². The third-order valence-corrected chi connectivity index (χ3v) is 2.97. The maximum Gasteiger partial charge on any atom is 0.170 e. The van der Waals surface area contributed by atoms with Gasteiger partial charge in [-0.2, -0.15) is 0 Å². The molecule has 2 heterocycles. The Bertz CT molecular complexity index is 720. The second-order valence-corrected chi connectivity index (χ2v) is 4.21. The Kier molecular flexibility index (Phi) is 2.98. The van der Waals surface area contributed by atoms with Crippen molar-refractivity contribution in [2.45, 2.75) is 6.42 Å². The van der Waals surface area contributed by atoms with Crippen LogP contribution < -0.4 is 0 Å². The highest BCUT2D eigenvalue weighted by Crippen LogP contribution is 2.17. The summed E-state index contributed by atoms with van der Waals surface area (Å²) in [4.78, 5) is 24.2. The Labute approximate surface area is 110 Å². The van der Waals surface area contributed by atoms with E-state index in [9.17, 15) is 4.79 Å². The molecule has 0 aliphatic rings. The van der Waals surface area contributed by atoms with Gasteiger partial charge in [0, 0.05) is 30.4 Å². The fourth-order valence-corrected chi connectivity index (χ4v) is 2.03. The summed E-state index contributed by atoms with van der Waals surface area (Å²) in [6.07, 6.45) is 6.55. The van der Waals surface area contributed by atoms with E-state index in [1.807, 2.05) is 30.3 Å². The molecule has 0 atom stereocenters. The highest BCUT2D eigenvalue weighted by Gasteiger charge is 2.10. The highest BCUT2D eigenvalue weighted by atomic mass is 16.1. The number of aromatic nitrogens is 3. The van der Waals surface area contributed by atoms with Gasteiger partial charge in [0.15, 0.2) is 5.78 Å². The van der Waals surface area contributed by atoms with E-state index < -0.39 is 0 Å². The third-order valence-electron chi connectivity index (χ3n) is 2.97. The van der Waals surface area contributed by atoms with Crippen LogP contribution in [0.25, 0.3) is 10.9 Å². The van der Waals surface area contributed by atoms with Crippen molar-refractivity contribution >= 4 is 16.7 Å². The lowest BCUT2D eigenvalue weighted by molar-refractivity contribution is 0.0992. The predicted molar refractivity (Wildman–Crippen MR) is 71.8 cm³/mol. The number of hydrogen-bond acceptors (Lipinski definition) is 4. The van der Waals surface area contributed by atoms with Crippen LogP contribution in [0.2, 0.25) is 0 Å². The molecule has 0 fully saturated rings. The van der Waals surface area contributed by atoms with Gasteiger partial charge in [-0.15, -0.1) is 0 Å². The van der Waals surface area contributed by atoms with Crippen molar-refractivity contribution < 1.29 is 4.79 Å². The van der Waals surface area contributed by atoms with Gasteiger partial charge in [0.05, 0.1) is 11.1 Å². The van der Waals surface area contributed by atoms with Gasteiger partial charge in [0.1, 0.15) is 6.33 Å². The van der Waals surface area contributed by atoms with Gasteiger partial charge in [-0.05, 0) is 17.7 Å². The van der Waals surface area contributed by atoms with Gasteiger partial charge < -0.3 is 0 Å².